The van der Waals surface area contributed by atoms with E-state index in [4.69, 9.17) is 11.1 Å². The number of nitrogens with one attached hydrogen (secondary N) is 2. The number of carbonyl (C=O) groups is 1. The molecule has 2 aromatic rings. The van der Waals surface area contributed by atoms with Crippen molar-refractivity contribution >= 4 is 35.3 Å². The van der Waals surface area contributed by atoms with E-state index in [1.54, 1.807) is 13.1 Å². The highest BCUT2D eigenvalue weighted by atomic mass is 16.1. The molecule has 0 fully saturated rings. The van der Waals surface area contributed by atoms with Crippen molar-refractivity contribution in [2.45, 2.75) is 46.1 Å². The van der Waals surface area contributed by atoms with Crippen LogP contribution in [0.15, 0.2) is 29.3 Å². The number of carbonyl (C=O) groups excluding carboxylic acids is 1. The maximum absolute atomic E-state index is 12.7. The van der Waals surface area contributed by atoms with Gasteiger partial charge in [-0.3, -0.25) is 10.2 Å². The highest BCUT2D eigenvalue weighted by Crippen LogP contribution is 2.27. The lowest BCUT2D eigenvalue weighted by Gasteiger charge is -2.04. The van der Waals surface area contributed by atoms with Crippen molar-refractivity contribution in [2.24, 2.45) is 10.7 Å². The summed E-state index contributed by atoms with van der Waals surface area (Å²) < 4.78 is 1.93. The number of amides is 1. The largest absolute Gasteiger partial charge is 0.402 e. The Kier molecular flexibility index (Phi) is 6.60. The van der Waals surface area contributed by atoms with Crippen molar-refractivity contribution in [3.63, 3.8) is 0 Å². The molecule has 0 aromatic carbocycles. The van der Waals surface area contributed by atoms with Gasteiger partial charge in [0, 0.05) is 18.4 Å². The van der Waals surface area contributed by atoms with E-state index in [0.29, 0.717) is 28.1 Å². The van der Waals surface area contributed by atoms with Gasteiger partial charge in [0.05, 0.1) is 10.9 Å². The van der Waals surface area contributed by atoms with Gasteiger partial charge in [0.2, 0.25) is 0 Å². The SMILES string of the molecule is C=Nc1ncnc2c1c(C(=O)NC(=N)/C=C(/C)N)cn2CCCCCC. The molecule has 4 N–H and O–H groups in total. The number of allylic oxidation sites excluding steroid dienone is 1. The summed E-state index contributed by atoms with van der Waals surface area (Å²) in [6.07, 6.45) is 8.96. The number of nitrogens with zero attached hydrogens (tertiary/aromatic N) is 4. The normalized spacial score (nSPS) is 11.5. The van der Waals surface area contributed by atoms with E-state index < -0.39 is 5.91 Å². The van der Waals surface area contributed by atoms with Crippen molar-refractivity contribution in [3.05, 3.63) is 29.9 Å². The lowest BCUT2D eigenvalue weighted by Crippen LogP contribution is -2.28. The van der Waals surface area contributed by atoms with Gasteiger partial charge in [-0.2, -0.15) is 0 Å². The van der Waals surface area contributed by atoms with Crippen LogP contribution in [0.5, 0.6) is 0 Å². The minimum absolute atomic E-state index is 0.0798. The summed E-state index contributed by atoms with van der Waals surface area (Å²) in [7, 11) is 0. The molecule has 2 rings (SSSR count). The van der Waals surface area contributed by atoms with Crippen molar-refractivity contribution in [3.8, 4) is 0 Å². The summed E-state index contributed by atoms with van der Waals surface area (Å²) in [5.74, 6) is -0.155. The fourth-order valence-corrected chi connectivity index (χ4v) is 2.73. The van der Waals surface area contributed by atoms with Crippen LogP contribution in [-0.4, -0.2) is 33.0 Å². The molecule has 8 heteroatoms. The Morgan fingerprint density at radius 2 is 2.19 bits per heavy atom. The van der Waals surface area contributed by atoms with Crippen LogP contribution < -0.4 is 11.1 Å². The molecule has 0 aliphatic heterocycles. The number of aromatic nitrogens is 3. The van der Waals surface area contributed by atoms with Gasteiger partial charge in [-0.05, 0) is 26.1 Å². The zero-order valence-corrected chi connectivity index (χ0v) is 15.2. The number of aryl methyl sites for hydroxylation is 1. The molecule has 2 heterocycles. The highest BCUT2D eigenvalue weighted by Gasteiger charge is 2.20. The van der Waals surface area contributed by atoms with Crippen molar-refractivity contribution in [1.29, 1.82) is 5.41 Å². The number of hydrogen-bond acceptors (Lipinski definition) is 6. The molecule has 26 heavy (non-hydrogen) atoms. The standard InChI is InChI=1S/C18H25N7O/c1-4-5-6-7-8-25-10-13(18(26)24-14(20)9-12(2)19)15-16(21-3)22-11-23-17(15)25/h9-11H,3-8,19H2,1-2H3,(H2,20,24,26)/b12-9-. The van der Waals surface area contributed by atoms with Gasteiger partial charge >= 0.3 is 0 Å². The van der Waals surface area contributed by atoms with Gasteiger partial charge in [-0.25, -0.2) is 15.0 Å². The van der Waals surface area contributed by atoms with Crippen LogP contribution >= 0.6 is 0 Å². The van der Waals surface area contributed by atoms with Gasteiger partial charge < -0.3 is 15.6 Å². The second-order valence-electron chi connectivity index (χ2n) is 6.11. The Morgan fingerprint density at radius 1 is 1.42 bits per heavy atom. The van der Waals surface area contributed by atoms with Gasteiger partial charge in [0.15, 0.2) is 5.82 Å². The molecule has 1 amide bonds. The minimum atomic E-state index is -0.426. The van der Waals surface area contributed by atoms with E-state index in [9.17, 15) is 4.79 Å². The summed E-state index contributed by atoms with van der Waals surface area (Å²) >= 11 is 0. The molecule has 138 valence electrons. The Hall–Kier alpha value is -3.03. The Labute approximate surface area is 152 Å². The lowest BCUT2D eigenvalue weighted by atomic mass is 10.2. The third-order valence-corrected chi connectivity index (χ3v) is 3.90. The van der Waals surface area contributed by atoms with Crippen LogP contribution in [0, 0.1) is 5.41 Å². The van der Waals surface area contributed by atoms with E-state index in [2.05, 4.69) is 33.9 Å². The molecule has 0 unspecified atom stereocenters. The van der Waals surface area contributed by atoms with Crippen molar-refractivity contribution in [1.82, 2.24) is 19.9 Å². The minimum Gasteiger partial charge on any atom is -0.402 e. The molecule has 0 spiro atoms. The van der Waals surface area contributed by atoms with E-state index >= 15 is 0 Å². The summed E-state index contributed by atoms with van der Waals surface area (Å²) in [6, 6.07) is 0. The molecular formula is C18H25N7O. The molecule has 2 aromatic heterocycles. The Balaban J connectivity index is 2.38. The lowest BCUT2D eigenvalue weighted by molar-refractivity contribution is 0.0978. The number of hydrogen-bond donors (Lipinski definition) is 3. The van der Waals surface area contributed by atoms with Gasteiger partial charge in [0.25, 0.3) is 5.91 Å². The van der Waals surface area contributed by atoms with Gasteiger partial charge in [0.1, 0.15) is 17.8 Å². The second-order valence-corrected chi connectivity index (χ2v) is 6.11. The van der Waals surface area contributed by atoms with Crippen LogP contribution in [0.1, 0.15) is 49.9 Å². The fraction of sp³-hybridized carbons (Fsp3) is 0.389. The number of unbranched alkanes of at least 4 members (excludes halogenated alkanes) is 3. The summed E-state index contributed by atoms with van der Waals surface area (Å²) in [5, 5.41) is 10.9. The predicted molar refractivity (Wildman–Crippen MR) is 104 cm³/mol. The number of amidine groups is 1. The van der Waals surface area contributed by atoms with Gasteiger partial charge in [-0.1, -0.05) is 26.2 Å². The number of nitrogens with two attached hydrogens (primary N) is 1. The number of rotatable bonds is 8. The molecular weight excluding hydrogens is 330 g/mol. The first kappa shape index (κ1) is 19.3. The first-order valence-electron chi connectivity index (χ1n) is 8.62. The molecule has 0 atom stereocenters. The maximum Gasteiger partial charge on any atom is 0.259 e. The van der Waals surface area contributed by atoms with E-state index in [-0.39, 0.29) is 5.84 Å². The van der Waals surface area contributed by atoms with Crippen LogP contribution in [0.2, 0.25) is 0 Å². The van der Waals surface area contributed by atoms with Gasteiger partial charge in [-0.15, -0.1) is 0 Å². The maximum atomic E-state index is 12.7. The Bertz CT molecular complexity index is 847. The molecule has 8 nitrogen and oxygen atoms in total. The average molecular weight is 355 g/mol. The number of fused-ring (bicyclic) bond motifs is 1. The summed E-state index contributed by atoms with van der Waals surface area (Å²) in [4.78, 5) is 25.0. The quantitative estimate of drug-likeness (QED) is 0.383. The van der Waals surface area contributed by atoms with Crippen molar-refractivity contribution in [2.75, 3.05) is 0 Å². The Morgan fingerprint density at radius 3 is 2.85 bits per heavy atom. The number of aliphatic imine (C=N–C) groups is 1. The van der Waals surface area contributed by atoms with Crippen LogP contribution in [-0.2, 0) is 6.54 Å². The van der Waals surface area contributed by atoms with Crippen LogP contribution in [0.3, 0.4) is 0 Å². The smallest absolute Gasteiger partial charge is 0.259 e. The zero-order valence-electron chi connectivity index (χ0n) is 15.2. The highest BCUT2D eigenvalue weighted by molar-refractivity contribution is 6.16. The molecule has 0 aliphatic rings. The second kappa shape index (κ2) is 8.89. The first-order valence-corrected chi connectivity index (χ1v) is 8.62. The molecule has 0 saturated heterocycles. The molecule has 0 saturated carbocycles. The summed E-state index contributed by atoms with van der Waals surface area (Å²) in [5.41, 5.74) is 6.99. The monoisotopic (exact) mass is 355 g/mol. The first-order chi connectivity index (χ1) is 12.5. The van der Waals surface area contributed by atoms with Crippen LogP contribution in [0.4, 0.5) is 5.82 Å². The third kappa shape index (κ3) is 4.53. The fourth-order valence-electron chi connectivity index (χ4n) is 2.73. The van der Waals surface area contributed by atoms with Crippen LogP contribution in [0.25, 0.3) is 11.0 Å². The van der Waals surface area contributed by atoms with E-state index in [1.807, 2.05) is 4.57 Å². The predicted octanol–water partition coefficient (Wildman–Crippen LogP) is 2.91. The average Bonchev–Trinajstić information content (AvgIpc) is 2.97. The molecule has 0 bridgehead atoms. The molecule has 0 aliphatic carbocycles. The van der Waals surface area contributed by atoms with Crippen molar-refractivity contribution < 1.29 is 4.79 Å². The van der Waals surface area contributed by atoms with E-state index in [1.165, 1.54) is 18.8 Å². The van der Waals surface area contributed by atoms with E-state index in [0.717, 1.165) is 25.8 Å². The zero-order chi connectivity index (χ0) is 19.1. The topological polar surface area (TPSA) is 122 Å². The molecule has 0 radical (unpaired) electrons. The summed E-state index contributed by atoms with van der Waals surface area (Å²) in [6.45, 7) is 8.09. The third-order valence-electron chi connectivity index (χ3n) is 3.90.